The Morgan fingerprint density at radius 2 is 2.03 bits per heavy atom. The van der Waals surface area contributed by atoms with Gasteiger partial charge in [0.15, 0.2) is 0 Å². The highest BCUT2D eigenvalue weighted by Crippen LogP contribution is 2.42. The Morgan fingerprint density at radius 3 is 2.83 bits per heavy atom. The van der Waals surface area contributed by atoms with E-state index in [0.29, 0.717) is 6.42 Å². The molecular formula is C22H21N5O2. The van der Waals surface area contributed by atoms with Crippen molar-refractivity contribution < 1.29 is 9.59 Å². The zero-order chi connectivity index (χ0) is 20.2. The molecule has 146 valence electrons. The van der Waals surface area contributed by atoms with Gasteiger partial charge in [-0.25, -0.2) is 5.01 Å². The van der Waals surface area contributed by atoms with Crippen molar-refractivity contribution in [3.63, 3.8) is 0 Å². The lowest BCUT2D eigenvalue weighted by Crippen LogP contribution is -2.66. The van der Waals surface area contributed by atoms with Crippen molar-refractivity contribution in [2.45, 2.75) is 31.8 Å². The molecule has 0 aliphatic carbocycles. The first kappa shape index (κ1) is 17.6. The molecule has 0 bridgehead atoms. The zero-order valence-electron chi connectivity index (χ0n) is 16.3. The van der Waals surface area contributed by atoms with Crippen molar-refractivity contribution in [3.05, 3.63) is 65.6 Å². The number of H-pyrrole nitrogens is 1. The van der Waals surface area contributed by atoms with E-state index in [2.05, 4.69) is 21.1 Å². The number of hydrazone groups is 1. The number of benzene rings is 1. The van der Waals surface area contributed by atoms with Crippen molar-refractivity contribution in [3.8, 4) is 0 Å². The van der Waals surface area contributed by atoms with E-state index in [9.17, 15) is 9.59 Å². The molecule has 0 spiro atoms. The van der Waals surface area contributed by atoms with Crippen LogP contribution in [0.25, 0.3) is 10.9 Å². The minimum absolute atomic E-state index is 0.0644. The first-order valence-corrected chi connectivity index (χ1v) is 9.64. The number of carbonyl (C=O) groups excluding carboxylic acids is 2. The standard InChI is InChI=1S/C22H21N5O2/c1-22(2)20-16(15-7-3-4-8-17(15)25-20)10-18-21(29)26(13-19(28)27(18)22)24-12-14-6-5-9-23-11-14/h3-9,11-12,18,25H,10,13H2,1-2H3/b24-12+/t18-/m0/s1. The molecule has 2 aliphatic heterocycles. The lowest BCUT2D eigenvalue weighted by Gasteiger charge is -2.50. The Labute approximate surface area is 168 Å². The third-order valence-electron chi connectivity index (χ3n) is 5.86. The molecule has 7 nitrogen and oxygen atoms in total. The first-order chi connectivity index (χ1) is 14.0. The summed E-state index contributed by atoms with van der Waals surface area (Å²) in [5.41, 5.74) is 3.30. The number of para-hydroxylation sites is 1. The minimum atomic E-state index is -0.608. The number of pyridine rings is 1. The second-order valence-electron chi connectivity index (χ2n) is 7.99. The molecule has 2 amide bonds. The van der Waals surface area contributed by atoms with Gasteiger partial charge in [0.25, 0.3) is 5.91 Å². The molecular weight excluding hydrogens is 366 g/mol. The van der Waals surface area contributed by atoms with Crippen LogP contribution in [-0.4, -0.2) is 50.5 Å². The molecule has 0 saturated carbocycles. The fourth-order valence-electron chi connectivity index (χ4n) is 4.55. The number of hydrogen-bond donors (Lipinski definition) is 1. The van der Waals surface area contributed by atoms with Crippen LogP contribution in [0.2, 0.25) is 0 Å². The Morgan fingerprint density at radius 1 is 1.21 bits per heavy atom. The van der Waals surface area contributed by atoms with Gasteiger partial charge in [-0.05, 0) is 31.5 Å². The summed E-state index contributed by atoms with van der Waals surface area (Å²) >= 11 is 0. The van der Waals surface area contributed by atoms with E-state index >= 15 is 0 Å². The quantitative estimate of drug-likeness (QED) is 0.686. The average molecular weight is 387 g/mol. The zero-order valence-corrected chi connectivity index (χ0v) is 16.3. The maximum absolute atomic E-state index is 13.3. The van der Waals surface area contributed by atoms with Crippen molar-refractivity contribution in [2.75, 3.05) is 6.54 Å². The summed E-state index contributed by atoms with van der Waals surface area (Å²) < 4.78 is 0. The maximum Gasteiger partial charge on any atom is 0.266 e. The number of hydrogen-bond acceptors (Lipinski definition) is 4. The molecule has 2 aliphatic rings. The highest BCUT2D eigenvalue weighted by molar-refractivity contribution is 5.98. The molecule has 1 saturated heterocycles. The second kappa shape index (κ2) is 6.27. The molecule has 1 N–H and O–H groups in total. The van der Waals surface area contributed by atoms with E-state index in [1.54, 1.807) is 29.6 Å². The van der Waals surface area contributed by atoms with E-state index < -0.39 is 11.6 Å². The van der Waals surface area contributed by atoms with Crippen LogP contribution in [0.1, 0.15) is 30.7 Å². The Hall–Kier alpha value is -3.48. The van der Waals surface area contributed by atoms with Gasteiger partial charge in [0.05, 0.1) is 11.8 Å². The molecule has 0 radical (unpaired) electrons. The number of piperazine rings is 1. The smallest absolute Gasteiger partial charge is 0.266 e. The topological polar surface area (TPSA) is 81.7 Å². The molecule has 3 aromatic rings. The molecule has 29 heavy (non-hydrogen) atoms. The van der Waals surface area contributed by atoms with Crippen molar-refractivity contribution >= 4 is 28.9 Å². The second-order valence-corrected chi connectivity index (χ2v) is 7.99. The molecule has 4 heterocycles. The predicted octanol–water partition coefficient (Wildman–Crippen LogP) is 2.43. The van der Waals surface area contributed by atoms with E-state index in [1.807, 2.05) is 38.1 Å². The monoisotopic (exact) mass is 387 g/mol. The molecule has 1 fully saturated rings. The summed E-state index contributed by atoms with van der Waals surface area (Å²) in [6.07, 6.45) is 5.38. The lowest BCUT2D eigenvalue weighted by molar-refractivity contribution is -0.163. The largest absolute Gasteiger partial charge is 0.356 e. The number of nitrogens with one attached hydrogen (secondary N) is 1. The number of carbonyl (C=O) groups is 2. The van der Waals surface area contributed by atoms with Gasteiger partial charge in [0, 0.05) is 41.0 Å². The number of rotatable bonds is 2. The molecule has 7 heteroatoms. The van der Waals surface area contributed by atoms with Crippen LogP contribution in [0, 0.1) is 0 Å². The molecule has 1 aromatic carbocycles. The van der Waals surface area contributed by atoms with Crippen LogP contribution < -0.4 is 0 Å². The molecule has 0 unspecified atom stereocenters. The van der Waals surface area contributed by atoms with E-state index in [-0.39, 0.29) is 18.4 Å². The predicted molar refractivity (Wildman–Crippen MR) is 109 cm³/mol. The van der Waals surface area contributed by atoms with Gasteiger partial charge < -0.3 is 9.88 Å². The third kappa shape index (κ3) is 2.65. The summed E-state index contributed by atoms with van der Waals surface area (Å²) in [5.74, 6) is -0.263. The lowest BCUT2D eigenvalue weighted by atomic mass is 9.82. The number of nitrogens with zero attached hydrogens (tertiary/aromatic N) is 4. The van der Waals surface area contributed by atoms with Crippen LogP contribution >= 0.6 is 0 Å². The maximum atomic E-state index is 13.3. The molecule has 2 aromatic heterocycles. The van der Waals surface area contributed by atoms with Gasteiger partial charge in [0.1, 0.15) is 12.6 Å². The number of amides is 2. The van der Waals surface area contributed by atoms with Gasteiger partial charge in [-0.3, -0.25) is 14.6 Å². The van der Waals surface area contributed by atoms with Crippen molar-refractivity contribution in [1.29, 1.82) is 0 Å². The van der Waals surface area contributed by atoms with E-state index in [1.165, 1.54) is 5.01 Å². The van der Waals surface area contributed by atoms with Crippen LogP contribution in [0.15, 0.2) is 53.9 Å². The summed E-state index contributed by atoms with van der Waals surface area (Å²) in [4.78, 5) is 35.6. The first-order valence-electron chi connectivity index (χ1n) is 9.64. The van der Waals surface area contributed by atoms with Crippen LogP contribution in [0.3, 0.4) is 0 Å². The van der Waals surface area contributed by atoms with Crippen molar-refractivity contribution in [2.24, 2.45) is 5.10 Å². The highest BCUT2D eigenvalue weighted by Gasteiger charge is 2.51. The fraction of sp³-hybridized carbons (Fsp3) is 0.273. The SMILES string of the molecule is CC1(C)c2[nH]c3ccccc3c2C[C@H]2C(=O)N(/N=C/c3cccnc3)CC(=O)N21. The van der Waals surface area contributed by atoms with Gasteiger partial charge in [-0.2, -0.15) is 5.10 Å². The Kier molecular flexibility index (Phi) is 3.81. The van der Waals surface area contributed by atoms with Gasteiger partial charge in [-0.15, -0.1) is 0 Å². The fourth-order valence-corrected chi connectivity index (χ4v) is 4.55. The highest BCUT2D eigenvalue weighted by atomic mass is 16.2. The summed E-state index contributed by atoms with van der Waals surface area (Å²) in [5, 5.41) is 6.68. The van der Waals surface area contributed by atoms with Gasteiger partial charge in [-0.1, -0.05) is 24.3 Å². The van der Waals surface area contributed by atoms with Gasteiger partial charge >= 0.3 is 0 Å². The van der Waals surface area contributed by atoms with Crippen LogP contribution in [0.5, 0.6) is 0 Å². The molecule has 1 atom stereocenters. The number of fused-ring (bicyclic) bond motifs is 4. The normalized spacial score (nSPS) is 21.0. The summed E-state index contributed by atoms with van der Waals surface area (Å²) in [6, 6.07) is 11.1. The van der Waals surface area contributed by atoms with Crippen molar-refractivity contribution in [1.82, 2.24) is 19.9 Å². The van der Waals surface area contributed by atoms with Crippen LogP contribution in [0.4, 0.5) is 0 Å². The Balaban J connectivity index is 1.54. The van der Waals surface area contributed by atoms with Crippen LogP contribution in [-0.2, 0) is 21.5 Å². The minimum Gasteiger partial charge on any atom is -0.356 e. The third-order valence-corrected chi connectivity index (χ3v) is 5.86. The van der Waals surface area contributed by atoms with E-state index in [0.717, 1.165) is 27.7 Å². The van der Waals surface area contributed by atoms with E-state index in [4.69, 9.17) is 0 Å². The Bertz CT molecular complexity index is 1150. The number of aromatic amines is 1. The van der Waals surface area contributed by atoms with Gasteiger partial charge in [0.2, 0.25) is 5.91 Å². The number of aromatic nitrogens is 2. The summed E-state index contributed by atoms with van der Waals surface area (Å²) in [6.45, 7) is 3.92. The summed E-state index contributed by atoms with van der Waals surface area (Å²) in [7, 11) is 0. The molecule has 5 rings (SSSR count). The average Bonchev–Trinajstić information content (AvgIpc) is 3.10.